The predicted molar refractivity (Wildman–Crippen MR) is 150 cm³/mol. The number of aromatic nitrogens is 4. The lowest BCUT2D eigenvalue weighted by Crippen LogP contribution is -2.03. The van der Waals surface area contributed by atoms with Crippen LogP contribution in [0.5, 0.6) is 5.75 Å². The number of sulfone groups is 1. The van der Waals surface area contributed by atoms with Gasteiger partial charge in [-0.25, -0.2) is 8.42 Å². The minimum Gasteiger partial charge on any atom is -0.489 e. The maximum atomic E-state index is 11.9. The Morgan fingerprint density at radius 3 is 2.55 bits per heavy atom. The van der Waals surface area contributed by atoms with Gasteiger partial charge in [-0.2, -0.15) is 5.21 Å². The lowest BCUT2D eigenvalue weighted by Gasteiger charge is -2.11. The quantitative estimate of drug-likeness (QED) is 0.252. The van der Waals surface area contributed by atoms with E-state index >= 15 is 0 Å². The molecule has 2 heterocycles. The van der Waals surface area contributed by atoms with Crippen molar-refractivity contribution in [2.45, 2.75) is 37.7 Å². The molecule has 0 aliphatic heterocycles. The highest BCUT2D eigenvalue weighted by molar-refractivity contribution is 7.90. The molecule has 3 aromatic carbocycles. The van der Waals surface area contributed by atoms with Crippen LogP contribution < -0.4 is 4.74 Å². The normalized spacial score (nSPS) is 12.2. The Kier molecular flexibility index (Phi) is 7.27. The number of nitrogens with zero attached hydrogens (tertiary/aromatic N) is 3. The Hall–Kier alpha value is -4.00. The van der Waals surface area contributed by atoms with Gasteiger partial charge in [0.1, 0.15) is 12.4 Å². The second-order valence-electron chi connectivity index (χ2n) is 9.07. The van der Waals surface area contributed by atoms with E-state index in [0.717, 1.165) is 39.0 Å². The summed E-state index contributed by atoms with van der Waals surface area (Å²) in [6.07, 6.45) is 1.81. The van der Waals surface area contributed by atoms with Gasteiger partial charge in [-0.1, -0.05) is 35.4 Å². The summed E-state index contributed by atoms with van der Waals surface area (Å²) in [7, 11) is -3.25. The van der Waals surface area contributed by atoms with Crippen molar-refractivity contribution in [3.05, 3.63) is 88.6 Å². The van der Waals surface area contributed by atoms with Crippen molar-refractivity contribution >= 4 is 31.3 Å². The first kappa shape index (κ1) is 25.6. The Morgan fingerprint density at radius 2 is 1.87 bits per heavy atom. The first-order chi connectivity index (χ1) is 18.3. The molecule has 38 heavy (non-hydrogen) atoms. The van der Waals surface area contributed by atoms with Crippen molar-refractivity contribution < 1.29 is 13.2 Å². The number of benzene rings is 3. The second-order valence-corrected chi connectivity index (χ2v) is 12.0. The lowest BCUT2D eigenvalue weighted by atomic mass is 9.96. The Balaban J connectivity index is 1.32. The molecule has 0 aliphatic carbocycles. The third-order valence-corrected chi connectivity index (χ3v) is 8.41. The van der Waals surface area contributed by atoms with Crippen LogP contribution in [0.4, 0.5) is 0 Å². The van der Waals surface area contributed by atoms with Crippen LogP contribution in [0.25, 0.3) is 21.2 Å². The highest BCUT2D eigenvalue weighted by atomic mass is 32.2. The van der Waals surface area contributed by atoms with Crippen LogP contribution in [-0.4, -0.2) is 35.3 Å². The standard InChI is InChI=1S/C29H26N4O3S2/c1-4-5-22(16-29-30-32-33-31-29)21-7-9-23(10-8-21)36-17-20-6-13-28-26(15-20)27(18-37-28)25-12-11-24(14-19(25)2)38(3,34)35/h6-15,18,22H,16-17H2,1-3H3,(H,30,31,32,33)/t22-/m0/s1. The first-order valence-electron chi connectivity index (χ1n) is 12.0. The second kappa shape index (κ2) is 10.8. The van der Waals surface area contributed by atoms with E-state index in [1.165, 1.54) is 11.0 Å². The molecular formula is C29H26N4O3S2. The van der Waals surface area contributed by atoms with E-state index in [0.29, 0.717) is 23.7 Å². The summed E-state index contributed by atoms with van der Waals surface area (Å²) < 4.78 is 31.2. The molecule has 0 fully saturated rings. The summed E-state index contributed by atoms with van der Waals surface area (Å²) in [5.41, 5.74) is 5.18. The van der Waals surface area contributed by atoms with E-state index < -0.39 is 9.84 Å². The summed E-state index contributed by atoms with van der Waals surface area (Å²) in [5, 5.41) is 17.4. The summed E-state index contributed by atoms with van der Waals surface area (Å²) in [5.74, 6) is 7.58. The number of hydrogen-bond acceptors (Lipinski definition) is 7. The average molecular weight is 543 g/mol. The molecule has 1 atom stereocenters. The topological polar surface area (TPSA) is 97.8 Å². The molecule has 7 nitrogen and oxygen atoms in total. The molecule has 192 valence electrons. The number of ether oxygens (including phenoxy) is 1. The Morgan fingerprint density at radius 1 is 1.05 bits per heavy atom. The van der Waals surface area contributed by atoms with Crippen LogP contribution in [0.2, 0.25) is 0 Å². The maximum Gasteiger partial charge on any atom is 0.176 e. The fourth-order valence-electron chi connectivity index (χ4n) is 4.38. The van der Waals surface area contributed by atoms with Gasteiger partial charge < -0.3 is 4.74 Å². The largest absolute Gasteiger partial charge is 0.489 e. The molecule has 9 heteroatoms. The summed E-state index contributed by atoms with van der Waals surface area (Å²) in [4.78, 5) is 0.335. The minimum atomic E-state index is -3.25. The highest BCUT2D eigenvalue weighted by Gasteiger charge is 2.15. The van der Waals surface area contributed by atoms with Crippen molar-refractivity contribution in [3.63, 3.8) is 0 Å². The molecule has 0 radical (unpaired) electrons. The van der Waals surface area contributed by atoms with Crippen LogP contribution in [-0.2, 0) is 22.9 Å². The van der Waals surface area contributed by atoms with Crippen molar-refractivity contribution in [3.8, 4) is 28.7 Å². The number of aromatic amines is 1. The van der Waals surface area contributed by atoms with Gasteiger partial charge in [-0.3, -0.25) is 0 Å². The van der Waals surface area contributed by atoms with Gasteiger partial charge in [0.15, 0.2) is 15.7 Å². The van der Waals surface area contributed by atoms with E-state index in [1.807, 2.05) is 44.2 Å². The molecule has 0 saturated carbocycles. The molecule has 5 rings (SSSR count). The van der Waals surface area contributed by atoms with Crippen LogP contribution in [0.15, 0.2) is 70.9 Å². The van der Waals surface area contributed by atoms with E-state index in [2.05, 4.69) is 56.0 Å². The minimum absolute atomic E-state index is 0.0268. The monoisotopic (exact) mass is 542 g/mol. The summed E-state index contributed by atoms with van der Waals surface area (Å²) in [6, 6.07) is 19.6. The van der Waals surface area contributed by atoms with E-state index in [1.54, 1.807) is 23.5 Å². The van der Waals surface area contributed by atoms with Crippen LogP contribution in [0.3, 0.4) is 0 Å². The number of nitrogens with one attached hydrogen (secondary N) is 1. The molecule has 0 saturated heterocycles. The number of H-pyrrole nitrogens is 1. The molecule has 5 aromatic rings. The smallest absolute Gasteiger partial charge is 0.176 e. The van der Waals surface area contributed by atoms with Gasteiger partial charge in [0.2, 0.25) is 0 Å². The zero-order chi connectivity index (χ0) is 26.7. The molecule has 2 aromatic heterocycles. The van der Waals surface area contributed by atoms with E-state index in [9.17, 15) is 8.42 Å². The van der Waals surface area contributed by atoms with Gasteiger partial charge >= 0.3 is 0 Å². The molecule has 1 N–H and O–H groups in total. The van der Waals surface area contributed by atoms with E-state index in [-0.39, 0.29) is 5.92 Å². The first-order valence-corrected chi connectivity index (χ1v) is 14.8. The van der Waals surface area contributed by atoms with Gasteiger partial charge in [0.25, 0.3) is 0 Å². The van der Waals surface area contributed by atoms with Gasteiger partial charge in [0, 0.05) is 28.3 Å². The molecule has 0 amide bonds. The third kappa shape index (κ3) is 5.62. The Labute approximate surface area is 225 Å². The van der Waals surface area contributed by atoms with Gasteiger partial charge in [-0.05, 0) is 77.9 Å². The van der Waals surface area contributed by atoms with Crippen LogP contribution in [0.1, 0.15) is 35.4 Å². The molecular weight excluding hydrogens is 516 g/mol. The number of thiophene rings is 1. The predicted octanol–water partition coefficient (Wildman–Crippen LogP) is 5.72. The van der Waals surface area contributed by atoms with Gasteiger partial charge in [-0.15, -0.1) is 27.5 Å². The fraction of sp³-hybridized carbons (Fsp3) is 0.207. The summed E-state index contributed by atoms with van der Waals surface area (Å²) in [6.45, 7) is 4.20. The average Bonchev–Trinajstić information content (AvgIpc) is 3.57. The zero-order valence-corrected chi connectivity index (χ0v) is 22.9. The van der Waals surface area contributed by atoms with Crippen molar-refractivity contribution in [2.24, 2.45) is 0 Å². The van der Waals surface area contributed by atoms with Crippen molar-refractivity contribution in [1.82, 2.24) is 20.6 Å². The Bertz CT molecular complexity index is 1750. The number of aryl methyl sites for hydroxylation is 1. The van der Waals surface area contributed by atoms with Crippen molar-refractivity contribution in [1.29, 1.82) is 0 Å². The summed E-state index contributed by atoms with van der Waals surface area (Å²) >= 11 is 1.67. The third-order valence-electron chi connectivity index (χ3n) is 6.34. The maximum absolute atomic E-state index is 11.9. The lowest BCUT2D eigenvalue weighted by molar-refractivity contribution is 0.306. The van der Waals surface area contributed by atoms with Crippen LogP contribution in [0, 0.1) is 18.8 Å². The van der Waals surface area contributed by atoms with E-state index in [4.69, 9.17) is 4.74 Å². The molecule has 0 bridgehead atoms. The number of tetrazole rings is 1. The number of hydrogen-bond donors (Lipinski definition) is 1. The number of fused-ring (bicyclic) bond motifs is 1. The SMILES string of the molecule is CC#C[C@@H](Cc1nn[nH]n1)c1ccc(OCc2ccc3scc(-c4ccc(S(C)(=O)=O)cc4C)c3c2)cc1. The van der Waals surface area contributed by atoms with Crippen molar-refractivity contribution in [2.75, 3.05) is 6.26 Å². The van der Waals surface area contributed by atoms with Crippen LogP contribution >= 0.6 is 11.3 Å². The molecule has 0 aliphatic rings. The highest BCUT2D eigenvalue weighted by Crippen LogP contribution is 2.37. The fourth-order valence-corrected chi connectivity index (χ4v) is 6.03. The molecule has 0 unspecified atom stereocenters. The zero-order valence-electron chi connectivity index (χ0n) is 21.2. The molecule has 0 spiro atoms. The number of rotatable bonds is 8. The van der Waals surface area contributed by atoms with Gasteiger partial charge in [0.05, 0.1) is 10.8 Å².